The zero-order valence-corrected chi connectivity index (χ0v) is 20.1. The lowest BCUT2D eigenvalue weighted by molar-refractivity contribution is 0.0207. The molecule has 3 unspecified atom stereocenters. The molecule has 0 spiro atoms. The van der Waals surface area contributed by atoms with Crippen molar-refractivity contribution in [2.75, 3.05) is 25.9 Å². The zero-order chi connectivity index (χ0) is 24.0. The summed E-state index contributed by atoms with van der Waals surface area (Å²) < 4.78 is 7.67. The summed E-state index contributed by atoms with van der Waals surface area (Å²) in [4.78, 5) is 10.7. The van der Waals surface area contributed by atoms with Gasteiger partial charge < -0.3 is 15.6 Å². The number of ether oxygens (including phenoxy) is 1. The number of aliphatic hydroxyl groups excluding tert-OH is 1. The van der Waals surface area contributed by atoms with Gasteiger partial charge in [0.25, 0.3) is 0 Å². The molecule has 9 nitrogen and oxygen atoms in total. The number of fused-ring (bicyclic) bond motifs is 1. The lowest BCUT2D eigenvalue weighted by Gasteiger charge is -2.45. The van der Waals surface area contributed by atoms with Gasteiger partial charge in [-0.05, 0) is 33.8 Å². The number of nitriles is 1. The standard InChI is InChI=1S/C23H28ClN7O2/c1-11-19-22(26)27-10-28-23(19)31(29-11)13(3)16-6-18(24)17(7-25)20(21(16)33-5)15-8-30(9-15)12(2)14(4)32/h6,10,12-15,32H,8-9H2,1-5H3,(H2,26,27,28). The molecule has 174 valence electrons. The molecule has 1 aromatic carbocycles. The normalized spacial score (nSPS) is 17.4. The van der Waals surface area contributed by atoms with Crippen LogP contribution >= 0.6 is 11.6 Å². The fourth-order valence-electron chi connectivity index (χ4n) is 4.62. The Labute approximate surface area is 197 Å². The molecule has 3 heterocycles. The number of rotatable bonds is 6. The number of benzene rings is 1. The van der Waals surface area contributed by atoms with Crippen LogP contribution < -0.4 is 10.5 Å². The van der Waals surface area contributed by atoms with Crippen LogP contribution in [0.2, 0.25) is 5.02 Å². The quantitative estimate of drug-likeness (QED) is 0.564. The summed E-state index contributed by atoms with van der Waals surface area (Å²) in [6, 6.07) is 3.77. The van der Waals surface area contributed by atoms with Crippen molar-refractivity contribution in [3.8, 4) is 11.8 Å². The van der Waals surface area contributed by atoms with Gasteiger partial charge in [0.1, 0.15) is 24.0 Å². The van der Waals surface area contributed by atoms with Crippen molar-refractivity contribution in [2.24, 2.45) is 0 Å². The van der Waals surface area contributed by atoms with Gasteiger partial charge in [0.15, 0.2) is 5.65 Å². The summed E-state index contributed by atoms with van der Waals surface area (Å²) in [6.45, 7) is 9.04. The third kappa shape index (κ3) is 3.78. The highest BCUT2D eigenvalue weighted by Crippen LogP contribution is 2.44. The number of nitrogens with two attached hydrogens (primary N) is 1. The number of likely N-dealkylation sites (tertiary alicyclic amines) is 1. The minimum absolute atomic E-state index is 0.0268. The number of aryl methyl sites for hydroxylation is 1. The summed E-state index contributed by atoms with van der Waals surface area (Å²) in [5, 5.41) is 25.6. The van der Waals surface area contributed by atoms with E-state index in [4.69, 9.17) is 22.1 Å². The molecule has 4 rings (SSSR count). The van der Waals surface area contributed by atoms with Gasteiger partial charge in [-0.3, -0.25) is 4.90 Å². The third-order valence-corrected chi connectivity index (χ3v) is 7.01. The van der Waals surface area contributed by atoms with Gasteiger partial charge in [0, 0.05) is 36.2 Å². The van der Waals surface area contributed by atoms with Crippen LogP contribution in [0, 0.1) is 18.3 Å². The Bertz CT molecular complexity index is 1240. The van der Waals surface area contributed by atoms with E-state index in [1.54, 1.807) is 24.8 Å². The summed E-state index contributed by atoms with van der Waals surface area (Å²) >= 11 is 6.61. The highest BCUT2D eigenvalue weighted by Gasteiger charge is 2.38. The summed E-state index contributed by atoms with van der Waals surface area (Å²) in [5.74, 6) is 1.07. The number of halogens is 1. The molecule has 0 amide bonds. The topological polar surface area (TPSA) is 126 Å². The molecule has 2 aromatic heterocycles. The van der Waals surface area contributed by atoms with E-state index in [-0.39, 0.29) is 18.0 Å². The Morgan fingerprint density at radius 3 is 2.61 bits per heavy atom. The van der Waals surface area contributed by atoms with Crippen LogP contribution in [0.3, 0.4) is 0 Å². The van der Waals surface area contributed by atoms with Gasteiger partial charge in [-0.25, -0.2) is 14.6 Å². The Balaban J connectivity index is 1.81. The van der Waals surface area contributed by atoms with Crippen LogP contribution in [0.1, 0.15) is 55.1 Å². The smallest absolute Gasteiger partial charge is 0.164 e. The first-order valence-corrected chi connectivity index (χ1v) is 11.2. The molecule has 10 heteroatoms. The van der Waals surface area contributed by atoms with E-state index in [1.165, 1.54) is 6.33 Å². The van der Waals surface area contributed by atoms with Gasteiger partial charge in [0.2, 0.25) is 0 Å². The van der Waals surface area contributed by atoms with Gasteiger partial charge in [-0.15, -0.1) is 0 Å². The Hall–Kier alpha value is -2.93. The van der Waals surface area contributed by atoms with E-state index in [9.17, 15) is 10.4 Å². The molecule has 3 atom stereocenters. The lowest BCUT2D eigenvalue weighted by atomic mass is 9.84. The molecule has 0 bridgehead atoms. The maximum atomic E-state index is 9.94. The molecule has 1 fully saturated rings. The molecular formula is C23H28ClN7O2. The summed E-state index contributed by atoms with van der Waals surface area (Å²) in [5.41, 5.74) is 9.45. The SMILES string of the molecule is COc1c(C(C)n2nc(C)c3c(N)ncnc32)cc(Cl)c(C#N)c1C1CN(C(C)C(C)O)C1. The second kappa shape index (κ2) is 8.78. The van der Waals surface area contributed by atoms with Gasteiger partial charge in [-0.2, -0.15) is 10.4 Å². The first kappa shape index (κ1) is 23.2. The monoisotopic (exact) mass is 469 g/mol. The number of aromatic nitrogens is 4. The second-order valence-electron chi connectivity index (χ2n) is 8.68. The number of hydrogen-bond donors (Lipinski definition) is 2. The number of hydrogen-bond acceptors (Lipinski definition) is 8. The number of nitrogens with zero attached hydrogens (tertiary/aromatic N) is 6. The van der Waals surface area contributed by atoms with Crippen LogP contribution in [0.5, 0.6) is 5.75 Å². The summed E-state index contributed by atoms with van der Waals surface area (Å²) in [6.07, 6.45) is 0.979. The Morgan fingerprint density at radius 2 is 2.00 bits per heavy atom. The molecule has 1 aliphatic rings. The molecule has 0 radical (unpaired) electrons. The van der Waals surface area contributed by atoms with E-state index in [2.05, 4.69) is 26.0 Å². The number of aliphatic hydroxyl groups is 1. The zero-order valence-electron chi connectivity index (χ0n) is 19.4. The van der Waals surface area contributed by atoms with Crippen molar-refractivity contribution in [3.05, 3.63) is 39.8 Å². The Kier molecular flexibility index (Phi) is 6.18. The predicted octanol–water partition coefficient (Wildman–Crippen LogP) is 3.03. The number of methoxy groups -OCH3 is 1. The highest BCUT2D eigenvalue weighted by atomic mass is 35.5. The van der Waals surface area contributed by atoms with E-state index >= 15 is 0 Å². The maximum Gasteiger partial charge on any atom is 0.164 e. The Morgan fingerprint density at radius 1 is 1.30 bits per heavy atom. The maximum absolute atomic E-state index is 9.94. The van der Waals surface area contributed by atoms with E-state index < -0.39 is 6.10 Å². The molecular weight excluding hydrogens is 442 g/mol. The average molecular weight is 470 g/mol. The van der Waals surface area contributed by atoms with Crippen molar-refractivity contribution in [1.82, 2.24) is 24.6 Å². The first-order valence-electron chi connectivity index (χ1n) is 10.9. The van der Waals surface area contributed by atoms with Crippen molar-refractivity contribution in [1.29, 1.82) is 5.26 Å². The van der Waals surface area contributed by atoms with Gasteiger partial charge in [-0.1, -0.05) is 11.6 Å². The fourth-order valence-corrected chi connectivity index (χ4v) is 4.88. The number of nitrogen functional groups attached to an aromatic ring is 1. The minimum Gasteiger partial charge on any atom is -0.496 e. The fraction of sp³-hybridized carbons (Fsp3) is 0.478. The molecule has 1 saturated heterocycles. The van der Waals surface area contributed by atoms with Crippen LogP contribution in [0.25, 0.3) is 11.0 Å². The van der Waals surface area contributed by atoms with E-state index in [0.29, 0.717) is 46.3 Å². The van der Waals surface area contributed by atoms with E-state index in [0.717, 1.165) is 16.8 Å². The van der Waals surface area contributed by atoms with Crippen molar-refractivity contribution < 1.29 is 9.84 Å². The minimum atomic E-state index is -0.441. The highest BCUT2D eigenvalue weighted by molar-refractivity contribution is 6.32. The van der Waals surface area contributed by atoms with Crippen molar-refractivity contribution >= 4 is 28.5 Å². The molecule has 0 aliphatic carbocycles. The third-order valence-electron chi connectivity index (χ3n) is 6.72. The molecule has 33 heavy (non-hydrogen) atoms. The molecule has 3 N–H and O–H groups in total. The van der Waals surface area contributed by atoms with E-state index in [1.807, 2.05) is 20.8 Å². The van der Waals surface area contributed by atoms with Crippen molar-refractivity contribution in [3.63, 3.8) is 0 Å². The van der Waals surface area contributed by atoms with Gasteiger partial charge >= 0.3 is 0 Å². The lowest BCUT2D eigenvalue weighted by Crippen LogP contribution is -2.53. The molecule has 1 aliphatic heterocycles. The number of anilines is 1. The van der Waals surface area contributed by atoms with Crippen LogP contribution in [0.15, 0.2) is 12.4 Å². The predicted molar refractivity (Wildman–Crippen MR) is 126 cm³/mol. The average Bonchev–Trinajstić information content (AvgIpc) is 3.09. The summed E-state index contributed by atoms with van der Waals surface area (Å²) in [7, 11) is 1.60. The van der Waals surface area contributed by atoms with Gasteiger partial charge in [0.05, 0.1) is 40.9 Å². The largest absolute Gasteiger partial charge is 0.496 e. The van der Waals surface area contributed by atoms with Crippen LogP contribution in [-0.2, 0) is 0 Å². The van der Waals surface area contributed by atoms with Crippen LogP contribution in [0.4, 0.5) is 5.82 Å². The molecule has 0 saturated carbocycles. The first-order chi connectivity index (χ1) is 15.7. The second-order valence-corrected chi connectivity index (χ2v) is 9.08. The molecule has 3 aromatic rings. The van der Waals surface area contributed by atoms with Crippen LogP contribution in [-0.4, -0.2) is 62.1 Å². The van der Waals surface area contributed by atoms with Crippen molar-refractivity contribution in [2.45, 2.75) is 51.8 Å².